The molecule has 0 radical (unpaired) electrons. The third-order valence-corrected chi connectivity index (χ3v) is 5.53. The molecule has 0 bridgehead atoms. The second kappa shape index (κ2) is 11.3. The third kappa shape index (κ3) is 7.42. The number of hydrogen-bond acceptors (Lipinski definition) is 7. The zero-order valence-electron chi connectivity index (χ0n) is 18.9. The minimum Gasteiger partial charge on any atom is -0.468 e. The predicted octanol–water partition coefficient (Wildman–Crippen LogP) is 3.34. The number of nitrogens with one attached hydrogen (secondary N) is 2. The minimum absolute atomic E-state index is 0.0355. The Morgan fingerprint density at radius 2 is 1.94 bits per heavy atom. The van der Waals surface area contributed by atoms with Crippen molar-refractivity contribution in [1.29, 1.82) is 0 Å². The second-order valence-electron chi connectivity index (χ2n) is 8.34. The maximum Gasteiger partial charge on any atom is 0.422 e. The van der Waals surface area contributed by atoms with Crippen LogP contribution in [0, 0.1) is 0 Å². The SMILES string of the molecule is CC(=O)NC1(c2noc(CCC(=O)NCc3cccnc3OCC(F)(F)F)n2)CCCCCC1. The number of pyridine rings is 1. The Morgan fingerprint density at radius 1 is 1.21 bits per heavy atom. The lowest BCUT2D eigenvalue weighted by atomic mass is 9.89. The molecule has 2 amide bonds. The smallest absolute Gasteiger partial charge is 0.422 e. The Bertz CT molecular complexity index is 971. The highest BCUT2D eigenvalue weighted by Gasteiger charge is 2.38. The number of hydrogen-bond donors (Lipinski definition) is 2. The Hall–Kier alpha value is -3.18. The van der Waals surface area contributed by atoms with E-state index >= 15 is 0 Å². The van der Waals surface area contributed by atoms with Crippen LogP contribution in [0.2, 0.25) is 0 Å². The van der Waals surface area contributed by atoms with E-state index in [1.165, 1.54) is 19.2 Å². The van der Waals surface area contributed by atoms with Crippen molar-refractivity contribution in [2.45, 2.75) is 76.6 Å². The summed E-state index contributed by atoms with van der Waals surface area (Å²) in [6, 6.07) is 3.07. The average Bonchev–Trinajstić information content (AvgIpc) is 3.14. The van der Waals surface area contributed by atoms with Gasteiger partial charge in [0.05, 0.1) is 0 Å². The van der Waals surface area contributed by atoms with Crippen molar-refractivity contribution in [2.75, 3.05) is 6.61 Å². The van der Waals surface area contributed by atoms with Gasteiger partial charge in [-0.3, -0.25) is 9.59 Å². The van der Waals surface area contributed by atoms with Crippen molar-refractivity contribution in [3.05, 3.63) is 35.6 Å². The molecule has 2 heterocycles. The summed E-state index contributed by atoms with van der Waals surface area (Å²) in [6.45, 7) is -0.0508. The largest absolute Gasteiger partial charge is 0.468 e. The van der Waals surface area contributed by atoms with Gasteiger partial charge in [0.1, 0.15) is 5.54 Å². The Kier molecular flexibility index (Phi) is 8.46. The predicted molar refractivity (Wildman–Crippen MR) is 113 cm³/mol. The molecule has 2 aromatic rings. The molecule has 1 aliphatic rings. The molecular weight excluding hydrogens is 455 g/mol. The maximum atomic E-state index is 12.4. The van der Waals surface area contributed by atoms with E-state index in [0.29, 0.717) is 11.4 Å². The fourth-order valence-corrected chi connectivity index (χ4v) is 3.97. The van der Waals surface area contributed by atoms with Crippen LogP contribution in [-0.4, -0.2) is 39.7 Å². The monoisotopic (exact) mass is 483 g/mol. The number of carbonyl (C=O) groups excluding carboxylic acids is 2. The van der Waals surface area contributed by atoms with Crippen LogP contribution in [-0.2, 0) is 28.1 Å². The van der Waals surface area contributed by atoms with Crippen LogP contribution in [0.3, 0.4) is 0 Å². The Labute approximate surface area is 194 Å². The van der Waals surface area contributed by atoms with Crippen LogP contribution in [0.5, 0.6) is 5.88 Å². The molecule has 0 aromatic carbocycles. The summed E-state index contributed by atoms with van der Waals surface area (Å²) in [5.74, 6) is -0.0112. The molecule has 2 N–H and O–H groups in total. The maximum absolute atomic E-state index is 12.4. The molecule has 1 aliphatic carbocycles. The van der Waals surface area contributed by atoms with E-state index in [2.05, 4.69) is 25.8 Å². The Balaban J connectivity index is 1.55. The molecule has 9 nitrogen and oxygen atoms in total. The van der Waals surface area contributed by atoms with Crippen molar-refractivity contribution in [1.82, 2.24) is 25.8 Å². The summed E-state index contributed by atoms with van der Waals surface area (Å²) < 4.78 is 47.3. The number of nitrogens with zero attached hydrogens (tertiary/aromatic N) is 3. The highest BCUT2D eigenvalue weighted by atomic mass is 19.4. The molecule has 3 rings (SSSR count). The number of alkyl halides is 3. The molecule has 0 atom stereocenters. The number of amides is 2. The molecule has 2 aromatic heterocycles. The fourth-order valence-electron chi connectivity index (χ4n) is 3.97. The Morgan fingerprint density at radius 3 is 2.62 bits per heavy atom. The zero-order chi connectivity index (χ0) is 24.6. The standard InChI is InChI=1S/C22H28F3N5O4/c1-15(31)29-21(10-4-2-3-5-11-21)20-28-18(34-30-20)9-8-17(32)27-13-16-7-6-12-26-19(16)33-14-22(23,24)25/h6-7,12H,2-5,8-11,13-14H2,1H3,(H,27,32)(H,29,31). The average molecular weight is 483 g/mol. The topological polar surface area (TPSA) is 119 Å². The van der Waals surface area contributed by atoms with Gasteiger partial charge in [0, 0.05) is 38.1 Å². The van der Waals surface area contributed by atoms with Crippen LogP contribution in [0.25, 0.3) is 0 Å². The number of carbonyl (C=O) groups is 2. The lowest BCUT2D eigenvalue weighted by Crippen LogP contribution is -2.45. The van der Waals surface area contributed by atoms with Gasteiger partial charge in [-0.05, 0) is 18.9 Å². The van der Waals surface area contributed by atoms with E-state index in [-0.39, 0.29) is 43.0 Å². The molecule has 1 fully saturated rings. The van der Waals surface area contributed by atoms with Gasteiger partial charge in [-0.1, -0.05) is 36.9 Å². The van der Waals surface area contributed by atoms with Crippen molar-refractivity contribution >= 4 is 11.8 Å². The number of halogens is 3. The van der Waals surface area contributed by atoms with Crippen LogP contribution < -0.4 is 15.4 Å². The van der Waals surface area contributed by atoms with E-state index in [0.717, 1.165) is 38.5 Å². The van der Waals surface area contributed by atoms with Gasteiger partial charge < -0.3 is 19.9 Å². The molecule has 0 saturated heterocycles. The highest BCUT2D eigenvalue weighted by Crippen LogP contribution is 2.34. The van der Waals surface area contributed by atoms with Gasteiger partial charge in [0.25, 0.3) is 0 Å². The van der Waals surface area contributed by atoms with E-state index in [4.69, 9.17) is 9.26 Å². The van der Waals surface area contributed by atoms with E-state index in [1.807, 2.05) is 0 Å². The van der Waals surface area contributed by atoms with Crippen molar-refractivity contribution in [3.8, 4) is 5.88 Å². The van der Waals surface area contributed by atoms with Gasteiger partial charge in [-0.15, -0.1) is 0 Å². The van der Waals surface area contributed by atoms with Crippen molar-refractivity contribution < 1.29 is 32.0 Å². The molecular formula is C22H28F3N5O4. The van der Waals surface area contributed by atoms with Gasteiger partial charge in [0.2, 0.25) is 23.6 Å². The molecule has 186 valence electrons. The highest BCUT2D eigenvalue weighted by molar-refractivity contribution is 5.76. The summed E-state index contributed by atoms with van der Waals surface area (Å²) in [5.41, 5.74) is -0.342. The molecule has 0 aliphatic heterocycles. The van der Waals surface area contributed by atoms with Crippen LogP contribution in [0.15, 0.2) is 22.9 Å². The molecule has 0 unspecified atom stereocenters. The summed E-state index contributed by atoms with van der Waals surface area (Å²) in [5, 5.41) is 9.71. The van der Waals surface area contributed by atoms with Crippen LogP contribution in [0.1, 0.15) is 69.1 Å². The lowest BCUT2D eigenvalue weighted by Gasteiger charge is -2.30. The molecule has 0 spiro atoms. The molecule has 12 heteroatoms. The van der Waals surface area contributed by atoms with Crippen LogP contribution in [0.4, 0.5) is 13.2 Å². The van der Waals surface area contributed by atoms with Crippen molar-refractivity contribution in [3.63, 3.8) is 0 Å². The fraction of sp³-hybridized carbons (Fsp3) is 0.591. The number of rotatable bonds is 9. The number of aromatic nitrogens is 3. The van der Waals surface area contributed by atoms with Gasteiger partial charge in [0.15, 0.2) is 12.4 Å². The second-order valence-corrected chi connectivity index (χ2v) is 8.34. The van der Waals surface area contributed by atoms with Gasteiger partial charge >= 0.3 is 6.18 Å². The molecule has 1 saturated carbocycles. The first-order valence-corrected chi connectivity index (χ1v) is 11.2. The summed E-state index contributed by atoms with van der Waals surface area (Å²) in [6.07, 6.45) is 2.50. The third-order valence-electron chi connectivity index (χ3n) is 5.53. The van der Waals surface area contributed by atoms with E-state index < -0.39 is 18.3 Å². The van der Waals surface area contributed by atoms with Gasteiger partial charge in [-0.25, -0.2) is 4.98 Å². The summed E-state index contributed by atoms with van der Waals surface area (Å²) in [4.78, 5) is 32.3. The van der Waals surface area contributed by atoms with Crippen molar-refractivity contribution in [2.24, 2.45) is 0 Å². The quantitative estimate of drug-likeness (QED) is 0.525. The number of ether oxygens (including phenoxy) is 1. The summed E-state index contributed by atoms with van der Waals surface area (Å²) in [7, 11) is 0. The minimum atomic E-state index is -4.49. The molecule has 34 heavy (non-hydrogen) atoms. The van der Waals surface area contributed by atoms with Crippen LogP contribution >= 0.6 is 0 Å². The zero-order valence-corrected chi connectivity index (χ0v) is 18.9. The summed E-state index contributed by atoms with van der Waals surface area (Å²) >= 11 is 0. The lowest BCUT2D eigenvalue weighted by molar-refractivity contribution is -0.154. The normalized spacial score (nSPS) is 15.9. The van der Waals surface area contributed by atoms with E-state index in [9.17, 15) is 22.8 Å². The first kappa shape index (κ1) is 25.4. The van der Waals surface area contributed by atoms with Gasteiger partial charge in [-0.2, -0.15) is 18.2 Å². The van der Waals surface area contributed by atoms with E-state index in [1.54, 1.807) is 6.07 Å². The number of aryl methyl sites for hydroxylation is 1. The first-order valence-electron chi connectivity index (χ1n) is 11.2. The first-order chi connectivity index (χ1) is 16.2.